The van der Waals surface area contributed by atoms with Crippen molar-refractivity contribution in [3.05, 3.63) is 86.1 Å². The van der Waals surface area contributed by atoms with Crippen molar-refractivity contribution in [2.45, 2.75) is 13.8 Å². The summed E-state index contributed by atoms with van der Waals surface area (Å²) in [6.07, 6.45) is 1.18. The molecule has 33 heavy (non-hydrogen) atoms. The molecule has 0 radical (unpaired) electrons. The summed E-state index contributed by atoms with van der Waals surface area (Å²) in [5.41, 5.74) is 1.77. The number of nitro benzene ring substituents is 1. The molecule has 1 aliphatic heterocycles. The zero-order chi connectivity index (χ0) is 23.9. The van der Waals surface area contributed by atoms with Gasteiger partial charge in [-0.3, -0.25) is 25.0 Å². The van der Waals surface area contributed by atoms with E-state index in [1.807, 2.05) is 13.8 Å². The molecule has 1 aromatic heterocycles. The van der Waals surface area contributed by atoms with E-state index >= 15 is 0 Å². The van der Waals surface area contributed by atoms with Crippen LogP contribution in [0.4, 0.5) is 16.2 Å². The number of anilines is 1. The van der Waals surface area contributed by atoms with Crippen molar-refractivity contribution < 1.29 is 23.7 Å². The third-order valence-corrected chi connectivity index (χ3v) is 5.42. The third-order valence-electron chi connectivity index (χ3n) is 5.19. The molecule has 4 rings (SSSR count). The van der Waals surface area contributed by atoms with Gasteiger partial charge >= 0.3 is 6.03 Å². The van der Waals surface area contributed by atoms with Crippen LogP contribution in [0.1, 0.15) is 16.9 Å². The molecule has 4 amide bonds. The smallest absolute Gasteiger partial charge is 0.335 e. The zero-order valence-electron chi connectivity index (χ0n) is 17.4. The lowest BCUT2D eigenvalue weighted by Gasteiger charge is -2.26. The van der Waals surface area contributed by atoms with Crippen LogP contribution < -0.4 is 10.2 Å². The van der Waals surface area contributed by atoms with E-state index in [2.05, 4.69) is 5.32 Å². The Kier molecular flexibility index (Phi) is 5.57. The molecule has 0 aliphatic carbocycles. The first kappa shape index (κ1) is 22.0. The van der Waals surface area contributed by atoms with Crippen LogP contribution in [0.15, 0.2) is 58.5 Å². The van der Waals surface area contributed by atoms with E-state index in [4.69, 9.17) is 16.0 Å². The van der Waals surface area contributed by atoms with Gasteiger partial charge in [0.05, 0.1) is 16.2 Å². The maximum atomic E-state index is 13.0. The van der Waals surface area contributed by atoms with Gasteiger partial charge in [0.2, 0.25) is 0 Å². The fourth-order valence-corrected chi connectivity index (χ4v) is 3.50. The van der Waals surface area contributed by atoms with Gasteiger partial charge in [-0.2, -0.15) is 0 Å². The van der Waals surface area contributed by atoms with E-state index in [1.54, 1.807) is 18.2 Å². The van der Waals surface area contributed by atoms with Crippen LogP contribution in [0.3, 0.4) is 0 Å². The fourth-order valence-electron chi connectivity index (χ4n) is 3.34. The van der Waals surface area contributed by atoms with Gasteiger partial charge in [-0.25, -0.2) is 9.69 Å². The van der Waals surface area contributed by atoms with Crippen molar-refractivity contribution in [1.82, 2.24) is 5.32 Å². The van der Waals surface area contributed by atoms with Crippen LogP contribution in [0.25, 0.3) is 17.4 Å². The summed E-state index contributed by atoms with van der Waals surface area (Å²) >= 11 is 5.85. The highest BCUT2D eigenvalue weighted by Crippen LogP contribution is 2.34. The lowest BCUT2D eigenvalue weighted by atomic mass is 10.1. The highest BCUT2D eigenvalue weighted by atomic mass is 35.5. The van der Waals surface area contributed by atoms with Crippen LogP contribution in [-0.2, 0) is 9.59 Å². The Morgan fingerprint density at radius 2 is 1.79 bits per heavy atom. The molecule has 10 heteroatoms. The Bertz CT molecular complexity index is 1370. The third kappa shape index (κ3) is 4.13. The minimum Gasteiger partial charge on any atom is -0.456 e. The lowest BCUT2D eigenvalue weighted by molar-refractivity contribution is -0.384. The van der Waals surface area contributed by atoms with Gasteiger partial charge in [0.25, 0.3) is 17.5 Å². The minimum absolute atomic E-state index is 0.0992. The topological polar surface area (TPSA) is 123 Å². The number of carbonyl (C=O) groups excluding carboxylic acids is 3. The van der Waals surface area contributed by atoms with E-state index in [-0.39, 0.29) is 33.4 Å². The van der Waals surface area contributed by atoms with Crippen molar-refractivity contribution in [2.24, 2.45) is 0 Å². The number of benzene rings is 2. The van der Waals surface area contributed by atoms with Gasteiger partial charge in [-0.1, -0.05) is 17.7 Å². The molecular weight excluding hydrogens is 450 g/mol. The Hall–Kier alpha value is -4.24. The summed E-state index contributed by atoms with van der Waals surface area (Å²) in [5.74, 6) is -1.44. The molecule has 0 unspecified atom stereocenters. The molecule has 1 saturated heterocycles. The number of urea groups is 1. The van der Waals surface area contributed by atoms with Crippen molar-refractivity contribution in [1.29, 1.82) is 0 Å². The SMILES string of the molecule is Cc1ccc(N2C(=O)NC(=O)/C(=C/c3ccc(-c4ccc(Cl)cc4[N+](=O)[O-])o3)C2=O)cc1C. The second kappa shape index (κ2) is 8.36. The number of imide groups is 2. The largest absolute Gasteiger partial charge is 0.456 e. The molecule has 2 aromatic carbocycles. The maximum absolute atomic E-state index is 13.0. The number of rotatable bonds is 4. The first-order chi connectivity index (χ1) is 15.7. The molecule has 3 aromatic rings. The number of halogens is 1. The fraction of sp³-hybridized carbons (Fsp3) is 0.0870. The number of nitro groups is 1. The molecule has 0 saturated carbocycles. The average molecular weight is 466 g/mol. The molecule has 1 N–H and O–H groups in total. The number of nitrogens with one attached hydrogen (secondary N) is 1. The molecule has 166 valence electrons. The van der Waals surface area contributed by atoms with Crippen molar-refractivity contribution in [3.63, 3.8) is 0 Å². The first-order valence-electron chi connectivity index (χ1n) is 9.68. The molecule has 0 atom stereocenters. The van der Waals surface area contributed by atoms with Crippen LogP contribution in [0, 0.1) is 24.0 Å². The van der Waals surface area contributed by atoms with E-state index in [9.17, 15) is 24.5 Å². The number of carbonyl (C=O) groups is 3. The molecule has 9 nitrogen and oxygen atoms in total. The maximum Gasteiger partial charge on any atom is 0.335 e. The highest BCUT2D eigenvalue weighted by Gasteiger charge is 2.37. The molecule has 1 fully saturated rings. The van der Waals surface area contributed by atoms with Gasteiger partial charge in [-0.05, 0) is 67.4 Å². The first-order valence-corrected chi connectivity index (χ1v) is 10.1. The lowest BCUT2D eigenvalue weighted by Crippen LogP contribution is -2.54. The summed E-state index contributed by atoms with van der Waals surface area (Å²) in [6.45, 7) is 3.74. The van der Waals surface area contributed by atoms with Crippen LogP contribution in [-0.4, -0.2) is 22.8 Å². The summed E-state index contributed by atoms with van der Waals surface area (Å²) in [4.78, 5) is 49.4. The van der Waals surface area contributed by atoms with Crippen LogP contribution >= 0.6 is 11.6 Å². The number of barbiturate groups is 1. The summed E-state index contributed by atoms with van der Waals surface area (Å²) in [6, 6.07) is 11.2. The van der Waals surface area contributed by atoms with Gasteiger partial charge in [0.15, 0.2) is 0 Å². The quantitative estimate of drug-likeness (QED) is 0.256. The minimum atomic E-state index is -0.875. The molecule has 1 aliphatic rings. The van der Waals surface area contributed by atoms with E-state index in [0.717, 1.165) is 16.0 Å². The molecule has 2 heterocycles. The summed E-state index contributed by atoms with van der Waals surface area (Å²) in [5, 5.41) is 13.7. The Morgan fingerprint density at radius 1 is 1.03 bits per heavy atom. The summed E-state index contributed by atoms with van der Waals surface area (Å²) in [7, 11) is 0. The van der Waals surface area contributed by atoms with Crippen molar-refractivity contribution in [2.75, 3.05) is 4.90 Å². The standard InChI is InChI=1S/C23H16ClN3O6/c1-12-3-5-15(9-13(12)2)26-22(29)18(21(28)25-23(26)30)11-16-6-8-20(33-16)17-7-4-14(24)10-19(17)27(31)32/h3-11H,1-2H3,(H,25,28,30)/b18-11-. The molecular formula is C23H16ClN3O6. The zero-order valence-corrected chi connectivity index (χ0v) is 18.2. The Morgan fingerprint density at radius 3 is 2.48 bits per heavy atom. The van der Waals surface area contributed by atoms with Gasteiger partial charge in [0, 0.05) is 11.1 Å². The predicted molar refractivity (Wildman–Crippen MR) is 121 cm³/mol. The average Bonchev–Trinajstić information content (AvgIpc) is 3.22. The van der Waals surface area contributed by atoms with E-state index in [0.29, 0.717) is 5.69 Å². The van der Waals surface area contributed by atoms with Crippen molar-refractivity contribution >= 4 is 46.9 Å². The second-order valence-electron chi connectivity index (χ2n) is 7.35. The van der Waals surface area contributed by atoms with Crippen molar-refractivity contribution in [3.8, 4) is 11.3 Å². The monoisotopic (exact) mass is 465 g/mol. The normalized spacial score (nSPS) is 15.2. The number of hydrogen-bond acceptors (Lipinski definition) is 6. The van der Waals surface area contributed by atoms with Crippen LogP contribution in [0.5, 0.6) is 0 Å². The summed E-state index contributed by atoms with van der Waals surface area (Å²) < 4.78 is 5.64. The van der Waals surface area contributed by atoms with Gasteiger partial charge in [-0.15, -0.1) is 0 Å². The van der Waals surface area contributed by atoms with E-state index in [1.165, 1.54) is 36.4 Å². The van der Waals surface area contributed by atoms with Gasteiger partial charge in [0.1, 0.15) is 17.1 Å². The molecule has 0 bridgehead atoms. The Labute approximate surface area is 192 Å². The predicted octanol–water partition coefficient (Wildman–Crippen LogP) is 4.79. The number of nitrogens with zero attached hydrogens (tertiary/aromatic N) is 2. The van der Waals surface area contributed by atoms with E-state index < -0.39 is 22.8 Å². The number of amides is 4. The number of hydrogen-bond donors (Lipinski definition) is 1. The second-order valence-corrected chi connectivity index (χ2v) is 7.78. The highest BCUT2D eigenvalue weighted by molar-refractivity contribution is 6.39. The van der Waals surface area contributed by atoms with Crippen LogP contribution in [0.2, 0.25) is 5.02 Å². The Balaban J connectivity index is 1.71. The molecule has 0 spiro atoms. The van der Waals surface area contributed by atoms with Gasteiger partial charge < -0.3 is 4.42 Å². The number of furan rings is 1. The number of aryl methyl sites for hydroxylation is 2.